The Balaban J connectivity index is 1.98. The normalized spacial score (nSPS) is 15.3. The number of ketones is 1. The maximum atomic E-state index is 11.7. The Bertz CT molecular complexity index is 355. The molecule has 2 rings (SSSR count). The third-order valence-electron chi connectivity index (χ3n) is 2.94. The fourth-order valence-electron chi connectivity index (χ4n) is 1.86. The second-order valence-electron chi connectivity index (χ2n) is 4.34. The number of hydrogen-bond donors (Lipinski definition) is 1. The summed E-state index contributed by atoms with van der Waals surface area (Å²) in [6.45, 7) is 0.521. The van der Waals surface area contributed by atoms with Crippen molar-refractivity contribution in [2.45, 2.75) is 32.2 Å². The van der Waals surface area contributed by atoms with Crippen molar-refractivity contribution in [3.63, 3.8) is 0 Å². The van der Waals surface area contributed by atoms with Gasteiger partial charge in [0.05, 0.1) is 0 Å². The number of rotatable bonds is 5. The highest BCUT2D eigenvalue weighted by Gasteiger charge is 2.24. The Labute approximate surface area is 90.5 Å². The van der Waals surface area contributed by atoms with E-state index in [2.05, 4.69) is 0 Å². The zero-order chi connectivity index (χ0) is 10.7. The first-order valence-corrected chi connectivity index (χ1v) is 5.58. The molecular formula is C13H17NO. The van der Waals surface area contributed by atoms with E-state index in [1.54, 1.807) is 0 Å². The summed E-state index contributed by atoms with van der Waals surface area (Å²) in [6, 6.07) is 7.95. The Hall–Kier alpha value is -1.15. The first-order valence-electron chi connectivity index (χ1n) is 5.58. The van der Waals surface area contributed by atoms with Gasteiger partial charge in [0.25, 0.3) is 0 Å². The van der Waals surface area contributed by atoms with E-state index in [0.29, 0.717) is 24.7 Å². The number of nitrogens with two attached hydrogens (primary N) is 1. The minimum absolute atomic E-state index is 0.360. The summed E-state index contributed by atoms with van der Waals surface area (Å²) in [7, 11) is 0. The summed E-state index contributed by atoms with van der Waals surface area (Å²) in [5.41, 5.74) is 7.83. The predicted octanol–water partition coefficient (Wildman–Crippen LogP) is 2.06. The van der Waals surface area contributed by atoms with Gasteiger partial charge >= 0.3 is 0 Å². The number of Topliss-reactive ketones (excluding diaryl/α,β-unsaturated/α-hetero) is 1. The minimum atomic E-state index is 0.360. The fraction of sp³-hybridized carbons (Fsp3) is 0.462. The molecule has 0 heterocycles. The third-order valence-corrected chi connectivity index (χ3v) is 2.94. The summed E-state index contributed by atoms with van der Waals surface area (Å²) < 4.78 is 0. The van der Waals surface area contributed by atoms with Gasteiger partial charge in [-0.3, -0.25) is 4.79 Å². The van der Waals surface area contributed by atoms with Crippen LogP contribution in [-0.2, 0) is 17.8 Å². The van der Waals surface area contributed by atoms with E-state index in [1.807, 2.05) is 24.3 Å². The molecule has 15 heavy (non-hydrogen) atoms. The highest BCUT2D eigenvalue weighted by atomic mass is 16.1. The maximum Gasteiger partial charge on any atom is 0.137 e. The molecule has 0 radical (unpaired) electrons. The summed E-state index contributed by atoms with van der Waals surface area (Å²) >= 11 is 0. The van der Waals surface area contributed by atoms with Gasteiger partial charge < -0.3 is 5.73 Å². The molecule has 2 nitrogen and oxygen atoms in total. The second-order valence-corrected chi connectivity index (χ2v) is 4.34. The summed E-state index contributed by atoms with van der Waals surface area (Å²) in [5, 5.41) is 0. The van der Waals surface area contributed by atoms with Crippen LogP contribution in [0.25, 0.3) is 0 Å². The molecule has 80 valence electrons. The van der Waals surface area contributed by atoms with Gasteiger partial charge in [0.2, 0.25) is 0 Å². The van der Waals surface area contributed by atoms with Gasteiger partial charge in [-0.2, -0.15) is 0 Å². The van der Waals surface area contributed by atoms with Crippen LogP contribution in [0.4, 0.5) is 0 Å². The molecule has 1 aliphatic rings. The topological polar surface area (TPSA) is 43.1 Å². The smallest absolute Gasteiger partial charge is 0.137 e. The molecule has 0 spiro atoms. The van der Waals surface area contributed by atoms with Crippen molar-refractivity contribution >= 4 is 5.78 Å². The van der Waals surface area contributed by atoms with Crippen LogP contribution in [0.15, 0.2) is 24.3 Å². The van der Waals surface area contributed by atoms with E-state index >= 15 is 0 Å². The van der Waals surface area contributed by atoms with Gasteiger partial charge in [-0.1, -0.05) is 24.3 Å². The van der Waals surface area contributed by atoms with Gasteiger partial charge in [0.15, 0.2) is 0 Å². The highest BCUT2D eigenvalue weighted by molar-refractivity contribution is 5.81. The monoisotopic (exact) mass is 203 g/mol. The molecule has 1 aromatic rings. The molecular weight excluding hydrogens is 186 g/mol. The maximum absolute atomic E-state index is 11.7. The zero-order valence-electron chi connectivity index (χ0n) is 8.91. The number of carbonyl (C=O) groups excluding carboxylic acids is 1. The molecule has 2 heteroatoms. The lowest BCUT2D eigenvalue weighted by molar-refractivity contribution is -0.118. The van der Waals surface area contributed by atoms with Gasteiger partial charge in [0.1, 0.15) is 5.78 Å². The SMILES string of the molecule is NCc1ccccc1CC(=O)CC1CC1. The lowest BCUT2D eigenvalue weighted by atomic mass is 10.00. The standard InChI is InChI=1S/C13H17NO/c14-9-12-4-2-1-3-11(12)8-13(15)7-10-5-6-10/h1-4,10H,5-9,14H2. The molecule has 1 aliphatic carbocycles. The van der Waals surface area contributed by atoms with E-state index in [9.17, 15) is 4.79 Å². The van der Waals surface area contributed by atoms with E-state index in [4.69, 9.17) is 5.73 Å². The molecule has 0 bridgehead atoms. The largest absolute Gasteiger partial charge is 0.326 e. The Morgan fingerprint density at radius 3 is 2.53 bits per heavy atom. The second kappa shape index (κ2) is 4.58. The third kappa shape index (κ3) is 2.90. The molecule has 1 aromatic carbocycles. The number of benzene rings is 1. The van der Waals surface area contributed by atoms with Gasteiger partial charge in [-0.05, 0) is 29.9 Å². The van der Waals surface area contributed by atoms with Crippen LogP contribution < -0.4 is 5.73 Å². The lowest BCUT2D eigenvalue weighted by Gasteiger charge is -2.06. The predicted molar refractivity (Wildman–Crippen MR) is 60.4 cm³/mol. The van der Waals surface area contributed by atoms with Crippen molar-refractivity contribution in [3.8, 4) is 0 Å². The molecule has 1 saturated carbocycles. The molecule has 0 aliphatic heterocycles. The van der Waals surface area contributed by atoms with Gasteiger partial charge in [0, 0.05) is 19.4 Å². The van der Waals surface area contributed by atoms with Crippen molar-refractivity contribution in [2.24, 2.45) is 11.7 Å². The highest BCUT2D eigenvalue weighted by Crippen LogP contribution is 2.32. The van der Waals surface area contributed by atoms with E-state index in [1.165, 1.54) is 12.8 Å². The van der Waals surface area contributed by atoms with Crippen molar-refractivity contribution in [1.29, 1.82) is 0 Å². The van der Waals surface area contributed by atoms with Crippen LogP contribution >= 0.6 is 0 Å². The molecule has 2 N–H and O–H groups in total. The molecule has 0 saturated heterocycles. The van der Waals surface area contributed by atoms with Gasteiger partial charge in [-0.15, -0.1) is 0 Å². The van der Waals surface area contributed by atoms with E-state index in [0.717, 1.165) is 17.5 Å². The first-order chi connectivity index (χ1) is 7.29. The Kier molecular flexibility index (Phi) is 3.17. The van der Waals surface area contributed by atoms with Crippen LogP contribution in [-0.4, -0.2) is 5.78 Å². The van der Waals surface area contributed by atoms with E-state index < -0.39 is 0 Å². The fourth-order valence-corrected chi connectivity index (χ4v) is 1.86. The number of hydrogen-bond acceptors (Lipinski definition) is 2. The average Bonchev–Trinajstić information content (AvgIpc) is 3.02. The summed E-state index contributed by atoms with van der Waals surface area (Å²) in [4.78, 5) is 11.7. The summed E-state index contributed by atoms with van der Waals surface area (Å²) in [5.74, 6) is 1.04. The van der Waals surface area contributed by atoms with Crippen molar-refractivity contribution in [3.05, 3.63) is 35.4 Å². The average molecular weight is 203 g/mol. The molecule has 0 atom stereocenters. The zero-order valence-corrected chi connectivity index (χ0v) is 8.91. The van der Waals surface area contributed by atoms with Crippen LogP contribution in [0.5, 0.6) is 0 Å². The van der Waals surface area contributed by atoms with Crippen molar-refractivity contribution < 1.29 is 4.79 Å². The van der Waals surface area contributed by atoms with Crippen LogP contribution in [0.1, 0.15) is 30.4 Å². The quantitative estimate of drug-likeness (QED) is 0.796. The molecule has 0 aromatic heterocycles. The van der Waals surface area contributed by atoms with Crippen LogP contribution in [0.2, 0.25) is 0 Å². The van der Waals surface area contributed by atoms with Crippen molar-refractivity contribution in [1.82, 2.24) is 0 Å². The van der Waals surface area contributed by atoms with Gasteiger partial charge in [-0.25, -0.2) is 0 Å². The lowest BCUT2D eigenvalue weighted by Crippen LogP contribution is -2.08. The Morgan fingerprint density at radius 1 is 1.27 bits per heavy atom. The minimum Gasteiger partial charge on any atom is -0.326 e. The summed E-state index contributed by atoms with van der Waals surface area (Å²) in [6.07, 6.45) is 3.80. The Morgan fingerprint density at radius 2 is 1.93 bits per heavy atom. The molecule has 1 fully saturated rings. The van der Waals surface area contributed by atoms with E-state index in [-0.39, 0.29) is 0 Å². The van der Waals surface area contributed by atoms with Crippen LogP contribution in [0.3, 0.4) is 0 Å². The van der Waals surface area contributed by atoms with Crippen LogP contribution in [0, 0.1) is 5.92 Å². The first kappa shape index (κ1) is 10.4. The molecule has 0 amide bonds. The van der Waals surface area contributed by atoms with Crippen molar-refractivity contribution in [2.75, 3.05) is 0 Å². The number of carbonyl (C=O) groups is 1. The molecule has 0 unspecified atom stereocenters.